The number of carbonyl (C=O) groups is 1. The molecule has 1 saturated heterocycles. The summed E-state index contributed by atoms with van der Waals surface area (Å²) in [6.45, 7) is 7.81. The second-order valence-corrected chi connectivity index (χ2v) is 5.54. The molecule has 0 spiro atoms. The van der Waals surface area contributed by atoms with E-state index in [2.05, 4.69) is 28.9 Å². The quantitative estimate of drug-likeness (QED) is 0.906. The third-order valence-corrected chi connectivity index (χ3v) is 4.00. The van der Waals surface area contributed by atoms with Gasteiger partial charge in [0.05, 0.1) is 5.52 Å². The summed E-state index contributed by atoms with van der Waals surface area (Å²) < 4.78 is 0. The molecule has 0 unspecified atom stereocenters. The number of rotatable bonds is 2. The Labute approximate surface area is 118 Å². The number of benzene rings is 1. The van der Waals surface area contributed by atoms with Crippen LogP contribution in [0.3, 0.4) is 0 Å². The predicted octanol–water partition coefficient (Wildman–Crippen LogP) is 1.73. The highest BCUT2D eigenvalue weighted by Crippen LogP contribution is 2.18. The Hall–Kier alpha value is -1.88. The molecule has 1 N–H and O–H groups in total. The Morgan fingerprint density at radius 3 is 2.60 bits per heavy atom. The molecule has 1 fully saturated rings. The molecule has 1 aliphatic heterocycles. The number of nitrogens with zero attached hydrogens (tertiary/aromatic N) is 3. The average molecular weight is 272 g/mol. The van der Waals surface area contributed by atoms with E-state index in [1.807, 2.05) is 29.2 Å². The fourth-order valence-corrected chi connectivity index (χ4v) is 2.72. The number of fused-ring (bicyclic) bond motifs is 1. The van der Waals surface area contributed by atoms with Crippen molar-refractivity contribution in [2.45, 2.75) is 19.9 Å². The zero-order valence-corrected chi connectivity index (χ0v) is 12.0. The highest BCUT2D eigenvalue weighted by molar-refractivity contribution is 6.04. The van der Waals surface area contributed by atoms with Gasteiger partial charge in [0, 0.05) is 37.6 Å². The van der Waals surface area contributed by atoms with Gasteiger partial charge in [0.2, 0.25) is 0 Å². The molecule has 1 aromatic carbocycles. The molecular weight excluding hydrogens is 252 g/mol. The standard InChI is InChI=1S/C15H20N4O/c1-11(2)18-7-9-19(10-8-18)15(20)14-12-5-3-4-6-13(12)16-17-14/h3-6,11H,7-10H2,1-2H3,(H,16,17). The summed E-state index contributed by atoms with van der Waals surface area (Å²) >= 11 is 0. The van der Waals surface area contributed by atoms with Crippen molar-refractivity contribution < 1.29 is 4.79 Å². The minimum absolute atomic E-state index is 0.0332. The molecule has 0 aliphatic carbocycles. The number of carbonyl (C=O) groups excluding carboxylic acids is 1. The van der Waals surface area contributed by atoms with Crippen molar-refractivity contribution in [1.29, 1.82) is 0 Å². The molecule has 1 aliphatic rings. The number of nitrogens with one attached hydrogen (secondary N) is 1. The molecule has 106 valence electrons. The summed E-state index contributed by atoms with van der Waals surface area (Å²) in [5.41, 5.74) is 1.45. The first-order chi connectivity index (χ1) is 9.66. The monoisotopic (exact) mass is 272 g/mol. The van der Waals surface area contributed by atoms with Gasteiger partial charge in [0.15, 0.2) is 5.69 Å². The molecule has 0 radical (unpaired) electrons. The molecule has 5 heteroatoms. The summed E-state index contributed by atoms with van der Waals surface area (Å²) in [5.74, 6) is 0.0332. The molecule has 1 aromatic heterocycles. The van der Waals surface area contributed by atoms with Crippen LogP contribution < -0.4 is 0 Å². The van der Waals surface area contributed by atoms with Gasteiger partial charge in [-0.15, -0.1) is 0 Å². The number of piperazine rings is 1. The van der Waals surface area contributed by atoms with Crippen molar-refractivity contribution >= 4 is 16.8 Å². The molecule has 2 heterocycles. The number of para-hydroxylation sites is 1. The summed E-state index contributed by atoms with van der Waals surface area (Å²) in [5, 5.41) is 8.03. The van der Waals surface area contributed by atoms with Crippen molar-refractivity contribution in [2.24, 2.45) is 0 Å². The molecular formula is C15H20N4O. The third-order valence-electron chi connectivity index (χ3n) is 4.00. The highest BCUT2D eigenvalue weighted by atomic mass is 16.2. The van der Waals surface area contributed by atoms with Gasteiger partial charge in [-0.25, -0.2) is 0 Å². The lowest BCUT2D eigenvalue weighted by molar-refractivity contribution is 0.0591. The van der Waals surface area contributed by atoms with Crippen LogP contribution in [0.2, 0.25) is 0 Å². The van der Waals surface area contributed by atoms with Crippen molar-refractivity contribution in [3.05, 3.63) is 30.0 Å². The van der Waals surface area contributed by atoms with Crippen LogP contribution in [0, 0.1) is 0 Å². The third kappa shape index (κ3) is 2.29. The highest BCUT2D eigenvalue weighted by Gasteiger charge is 2.25. The van der Waals surface area contributed by atoms with Gasteiger partial charge in [0.1, 0.15) is 0 Å². The average Bonchev–Trinajstić information content (AvgIpc) is 2.90. The second-order valence-electron chi connectivity index (χ2n) is 5.54. The zero-order chi connectivity index (χ0) is 14.1. The molecule has 20 heavy (non-hydrogen) atoms. The molecule has 1 amide bonds. The maximum atomic E-state index is 12.6. The fraction of sp³-hybridized carbons (Fsp3) is 0.467. The van der Waals surface area contributed by atoms with Crippen LogP contribution in [0.1, 0.15) is 24.3 Å². The van der Waals surface area contributed by atoms with Crippen molar-refractivity contribution in [3.63, 3.8) is 0 Å². The number of hydrogen-bond donors (Lipinski definition) is 1. The predicted molar refractivity (Wildman–Crippen MR) is 78.7 cm³/mol. The Kier molecular flexibility index (Phi) is 3.44. The zero-order valence-electron chi connectivity index (χ0n) is 12.0. The lowest BCUT2D eigenvalue weighted by atomic mass is 10.2. The number of aromatic nitrogens is 2. The van der Waals surface area contributed by atoms with Crippen LogP contribution in [0.5, 0.6) is 0 Å². The molecule has 5 nitrogen and oxygen atoms in total. The van der Waals surface area contributed by atoms with Crippen LogP contribution in [0.4, 0.5) is 0 Å². The molecule has 0 saturated carbocycles. The summed E-state index contributed by atoms with van der Waals surface area (Å²) in [7, 11) is 0. The number of aromatic amines is 1. The van der Waals surface area contributed by atoms with Gasteiger partial charge in [-0.1, -0.05) is 18.2 Å². The van der Waals surface area contributed by atoms with E-state index < -0.39 is 0 Å². The van der Waals surface area contributed by atoms with Crippen LogP contribution in [-0.4, -0.2) is 58.1 Å². The normalized spacial score (nSPS) is 17.1. The fourth-order valence-electron chi connectivity index (χ4n) is 2.72. The van der Waals surface area contributed by atoms with E-state index in [4.69, 9.17) is 0 Å². The van der Waals surface area contributed by atoms with E-state index >= 15 is 0 Å². The SMILES string of the molecule is CC(C)N1CCN(C(=O)c2n[nH]c3ccccc23)CC1. The largest absolute Gasteiger partial charge is 0.335 e. The molecule has 0 atom stereocenters. The van der Waals surface area contributed by atoms with Crippen LogP contribution in [-0.2, 0) is 0 Å². The Bertz CT molecular complexity index is 611. The lowest BCUT2D eigenvalue weighted by Gasteiger charge is -2.36. The molecule has 0 bridgehead atoms. The summed E-state index contributed by atoms with van der Waals surface area (Å²) in [6.07, 6.45) is 0. The first-order valence-corrected chi connectivity index (χ1v) is 7.13. The van der Waals surface area contributed by atoms with Crippen LogP contribution >= 0.6 is 0 Å². The summed E-state index contributed by atoms with van der Waals surface area (Å²) in [6, 6.07) is 8.30. The van der Waals surface area contributed by atoms with E-state index in [1.165, 1.54) is 0 Å². The minimum atomic E-state index is 0.0332. The Morgan fingerprint density at radius 2 is 1.90 bits per heavy atom. The Balaban J connectivity index is 1.77. The minimum Gasteiger partial charge on any atom is -0.335 e. The van der Waals surface area contributed by atoms with Crippen molar-refractivity contribution in [3.8, 4) is 0 Å². The van der Waals surface area contributed by atoms with E-state index in [0.29, 0.717) is 11.7 Å². The van der Waals surface area contributed by atoms with Gasteiger partial charge in [-0.2, -0.15) is 5.10 Å². The summed E-state index contributed by atoms with van der Waals surface area (Å²) in [4.78, 5) is 16.9. The van der Waals surface area contributed by atoms with Gasteiger partial charge < -0.3 is 4.90 Å². The topological polar surface area (TPSA) is 52.2 Å². The van der Waals surface area contributed by atoms with E-state index in [0.717, 1.165) is 37.1 Å². The first kappa shape index (κ1) is 13.1. The van der Waals surface area contributed by atoms with E-state index in [9.17, 15) is 4.79 Å². The van der Waals surface area contributed by atoms with Gasteiger partial charge >= 0.3 is 0 Å². The number of H-pyrrole nitrogens is 1. The first-order valence-electron chi connectivity index (χ1n) is 7.13. The van der Waals surface area contributed by atoms with E-state index in [-0.39, 0.29) is 5.91 Å². The van der Waals surface area contributed by atoms with Gasteiger partial charge in [-0.05, 0) is 19.9 Å². The maximum absolute atomic E-state index is 12.6. The smallest absolute Gasteiger partial charge is 0.275 e. The van der Waals surface area contributed by atoms with Crippen molar-refractivity contribution in [2.75, 3.05) is 26.2 Å². The van der Waals surface area contributed by atoms with Crippen molar-refractivity contribution in [1.82, 2.24) is 20.0 Å². The lowest BCUT2D eigenvalue weighted by Crippen LogP contribution is -2.50. The van der Waals surface area contributed by atoms with E-state index in [1.54, 1.807) is 0 Å². The van der Waals surface area contributed by atoms with Gasteiger partial charge in [-0.3, -0.25) is 14.8 Å². The van der Waals surface area contributed by atoms with Gasteiger partial charge in [0.25, 0.3) is 5.91 Å². The number of hydrogen-bond acceptors (Lipinski definition) is 3. The molecule has 3 rings (SSSR count). The number of amides is 1. The van der Waals surface area contributed by atoms with Crippen LogP contribution in [0.15, 0.2) is 24.3 Å². The Morgan fingerprint density at radius 1 is 1.20 bits per heavy atom. The maximum Gasteiger partial charge on any atom is 0.275 e. The second kappa shape index (κ2) is 5.25. The van der Waals surface area contributed by atoms with Crippen LogP contribution in [0.25, 0.3) is 10.9 Å². The molecule has 2 aromatic rings.